The minimum atomic E-state index is -2.90. The average molecular weight is 207 g/mol. The van der Waals surface area contributed by atoms with E-state index in [1.165, 1.54) is 16.8 Å². The molecule has 2 atom stereocenters. The van der Waals surface area contributed by atoms with E-state index in [0.717, 1.165) is 0 Å². The van der Waals surface area contributed by atoms with Crippen molar-refractivity contribution in [2.45, 2.75) is 11.3 Å². The van der Waals surface area contributed by atoms with Gasteiger partial charge in [-0.25, -0.2) is 14.3 Å². The third kappa shape index (κ3) is 1.12. The first-order valence-corrected chi connectivity index (χ1v) is 6.19. The molecule has 2 fully saturated rings. The zero-order valence-electron chi connectivity index (χ0n) is 6.23. The second-order valence-electron chi connectivity index (χ2n) is 3.01. The Balaban J connectivity index is 2.27. The van der Waals surface area contributed by atoms with Crippen LogP contribution in [-0.4, -0.2) is 41.4 Å². The molecule has 2 saturated heterocycles. The number of sulfone groups is 1. The highest BCUT2D eigenvalue weighted by Crippen LogP contribution is 2.35. The van der Waals surface area contributed by atoms with E-state index in [1.54, 1.807) is 0 Å². The van der Waals surface area contributed by atoms with Crippen LogP contribution in [0.15, 0.2) is 0 Å². The number of hydrogen-bond donors (Lipinski definition) is 2. The van der Waals surface area contributed by atoms with Crippen LogP contribution in [0.2, 0.25) is 0 Å². The highest BCUT2D eigenvalue weighted by Gasteiger charge is 2.47. The van der Waals surface area contributed by atoms with Crippen molar-refractivity contribution in [1.82, 2.24) is 5.01 Å². The van der Waals surface area contributed by atoms with E-state index in [0.29, 0.717) is 0 Å². The number of thioether (sulfide) groups is 1. The highest BCUT2D eigenvalue weighted by molar-refractivity contribution is 8.15. The summed E-state index contributed by atoms with van der Waals surface area (Å²) in [5.74, 6) is 5.77. The number of hydrazine groups is 1. The fourth-order valence-corrected chi connectivity index (χ4v) is 5.24. The zero-order chi connectivity index (χ0) is 8.93. The number of rotatable bonds is 0. The molecule has 0 aromatic rings. The molecule has 0 amide bonds. The average Bonchev–Trinajstić information content (AvgIpc) is 2.33. The third-order valence-electron chi connectivity index (χ3n) is 2.13. The van der Waals surface area contributed by atoms with Gasteiger partial charge in [-0.1, -0.05) is 11.8 Å². The summed E-state index contributed by atoms with van der Waals surface area (Å²) in [6.07, 6.45) is 0. The molecular formula is C5H9N3O2S2. The summed E-state index contributed by atoms with van der Waals surface area (Å²) in [6.45, 7) is 0. The van der Waals surface area contributed by atoms with E-state index in [9.17, 15) is 8.42 Å². The van der Waals surface area contributed by atoms with E-state index in [1.807, 2.05) is 0 Å². The molecule has 0 aromatic heterocycles. The molecule has 2 rings (SSSR count). The van der Waals surface area contributed by atoms with E-state index < -0.39 is 9.84 Å². The molecule has 2 aliphatic heterocycles. The van der Waals surface area contributed by atoms with Gasteiger partial charge in [-0.15, -0.1) is 0 Å². The maximum atomic E-state index is 11.1. The van der Waals surface area contributed by atoms with Crippen molar-refractivity contribution in [2.24, 2.45) is 5.84 Å². The molecule has 3 N–H and O–H groups in total. The lowest BCUT2D eigenvalue weighted by Crippen LogP contribution is -2.42. The minimum Gasteiger partial charge on any atom is -0.284 e. The summed E-state index contributed by atoms with van der Waals surface area (Å²) in [4.78, 5) is 0. The van der Waals surface area contributed by atoms with Crippen LogP contribution in [0.3, 0.4) is 0 Å². The van der Waals surface area contributed by atoms with Gasteiger partial charge in [0.15, 0.2) is 15.0 Å². The summed E-state index contributed by atoms with van der Waals surface area (Å²) in [5.41, 5.74) is 0. The molecule has 2 heterocycles. The fraction of sp³-hybridized carbons (Fsp3) is 0.800. The van der Waals surface area contributed by atoms with Crippen molar-refractivity contribution in [3.63, 3.8) is 0 Å². The van der Waals surface area contributed by atoms with Gasteiger partial charge in [-0.3, -0.25) is 10.4 Å². The molecule has 0 radical (unpaired) electrons. The van der Waals surface area contributed by atoms with Crippen LogP contribution in [0.25, 0.3) is 0 Å². The standard InChI is InChI=1S/C5H9N3O2S2/c6-5-8(7)3-1-12(9,10)2-4(3)11-5/h3-4,6H,1-2,7H2/t3-,4-/m0/s1. The predicted molar refractivity (Wildman–Crippen MR) is 47.6 cm³/mol. The maximum Gasteiger partial charge on any atom is 0.171 e. The van der Waals surface area contributed by atoms with Crippen LogP contribution in [0.1, 0.15) is 0 Å². The van der Waals surface area contributed by atoms with Crippen LogP contribution >= 0.6 is 11.8 Å². The monoisotopic (exact) mass is 207 g/mol. The van der Waals surface area contributed by atoms with Crippen LogP contribution in [0.5, 0.6) is 0 Å². The van der Waals surface area contributed by atoms with Crippen molar-refractivity contribution in [2.75, 3.05) is 11.5 Å². The molecule has 7 heteroatoms. The van der Waals surface area contributed by atoms with Crippen LogP contribution < -0.4 is 5.84 Å². The van der Waals surface area contributed by atoms with Crippen LogP contribution in [0, 0.1) is 5.41 Å². The summed E-state index contributed by atoms with van der Waals surface area (Å²) in [7, 11) is -2.90. The first-order valence-electron chi connectivity index (χ1n) is 3.49. The summed E-state index contributed by atoms with van der Waals surface area (Å²) in [5, 5.41) is 8.87. The molecule has 0 spiro atoms. The Labute approximate surface area is 74.7 Å². The summed E-state index contributed by atoms with van der Waals surface area (Å²) in [6, 6.07) is -0.174. The third-order valence-corrected chi connectivity index (χ3v) is 5.27. The summed E-state index contributed by atoms with van der Waals surface area (Å²) >= 11 is 1.25. The number of hydrogen-bond acceptors (Lipinski definition) is 5. The molecule has 0 saturated carbocycles. The Morgan fingerprint density at radius 2 is 2.25 bits per heavy atom. The Bertz CT molecular complexity index is 326. The van der Waals surface area contributed by atoms with E-state index in [-0.39, 0.29) is 28.0 Å². The normalized spacial score (nSPS) is 38.8. The maximum absolute atomic E-state index is 11.1. The van der Waals surface area contributed by atoms with Crippen molar-refractivity contribution < 1.29 is 8.42 Å². The van der Waals surface area contributed by atoms with Gasteiger partial charge in [0.1, 0.15) is 0 Å². The quantitative estimate of drug-likeness (QED) is 0.498. The van der Waals surface area contributed by atoms with Gasteiger partial charge in [-0.05, 0) is 0 Å². The predicted octanol–water partition coefficient (Wildman–Crippen LogP) is -0.991. The topological polar surface area (TPSA) is 87.2 Å². The van der Waals surface area contributed by atoms with Gasteiger partial charge in [0, 0.05) is 5.25 Å². The molecule has 12 heavy (non-hydrogen) atoms. The molecular weight excluding hydrogens is 198 g/mol. The Hall–Kier alpha value is -0.270. The highest BCUT2D eigenvalue weighted by atomic mass is 32.2. The second-order valence-corrected chi connectivity index (χ2v) is 6.39. The lowest BCUT2D eigenvalue weighted by atomic mass is 10.2. The molecule has 68 valence electrons. The largest absolute Gasteiger partial charge is 0.284 e. The van der Waals surface area contributed by atoms with Crippen molar-refractivity contribution >= 4 is 26.8 Å². The van der Waals surface area contributed by atoms with E-state index >= 15 is 0 Å². The van der Waals surface area contributed by atoms with Crippen molar-refractivity contribution in [3.05, 3.63) is 0 Å². The van der Waals surface area contributed by atoms with E-state index in [4.69, 9.17) is 11.3 Å². The first-order chi connectivity index (χ1) is 5.49. The molecule has 0 aliphatic carbocycles. The second kappa shape index (κ2) is 2.36. The Kier molecular flexibility index (Phi) is 1.64. The molecule has 2 aliphatic rings. The lowest BCUT2D eigenvalue weighted by molar-refractivity contribution is 0.370. The molecule has 0 bridgehead atoms. The van der Waals surface area contributed by atoms with Gasteiger partial charge in [0.05, 0.1) is 17.5 Å². The van der Waals surface area contributed by atoms with Gasteiger partial charge in [0.2, 0.25) is 0 Å². The SMILES string of the molecule is N=C1S[C@H]2CS(=O)(=O)C[C@@H]2N1N. The number of nitrogens with one attached hydrogen (secondary N) is 1. The lowest BCUT2D eigenvalue weighted by Gasteiger charge is -2.15. The Morgan fingerprint density at radius 3 is 2.83 bits per heavy atom. The van der Waals surface area contributed by atoms with E-state index in [2.05, 4.69) is 0 Å². The first kappa shape index (κ1) is 8.33. The number of amidine groups is 1. The smallest absolute Gasteiger partial charge is 0.171 e. The van der Waals surface area contributed by atoms with Gasteiger partial charge in [-0.2, -0.15) is 0 Å². The zero-order valence-corrected chi connectivity index (χ0v) is 7.86. The summed E-state index contributed by atoms with van der Waals surface area (Å²) < 4.78 is 22.3. The number of nitrogens with zero attached hydrogens (tertiary/aromatic N) is 1. The van der Waals surface area contributed by atoms with Gasteiger partial charge >= 0.3 is 0 Å². The van der Waals surface area contributed by atoms with Gasteiger partial charge < -0.3 is 0 Å². The fourth-order valence-electron chi connectivity index (χ4n) is 1.52. The molecule has 0 aromatic carbocycles. The minimum absolute atomic E-state index is 0.0208. The van der Waals surface area contributed by atoms with Crippen LogP contribution in [-0.2, 0) is 9.84 Å². The molecule has 0 unspecified atom stereocenters. The van der Waals surface area contributed by atoms with Crippen molar-refractivity contribution in [1.29, 1.82) is 5.41 Å². The molecule has 5 nitrogen and oxygen atoms in total. The number of nitrogens with two attached hydrogens (primary N) is 1. The van der Waals surface area contributed by atoms with Gasteiger partial charge in [0.25, 0.3) is 0 Å². The number of fused-ring (bicyclic) bond motifs is 1. The Morgan fingerprint density at radius 1 is 1.58 bits per heavy atom. The van der Waals surface area contributed by atoms with Crippen LogP contribution in [0.4, 0.5) is 0 Å². The van der Waals surface area contributed by atoms with Crippen molar-refractivity contribution in [3.8, 4) is 0 Å².